The van der Waals surface area contributed by atoms with Crippen LogP contribution in [0.4, 0.5) is 19.3 Å². The minimum absolute atomic E-state index is 0.0570. The first-order valence-corrected chi connectivity index (χ1v) is 8.36. The lowest BCUT2D eigenvalue weighted by Crippen LogP contribution is -2.27. The van der Waals surface area contributed by atoms with Crippen LogP contribution in [0.2, 0.25) is 0 Å². The number of nitrogens with one attached hydrogen (secondary N) is 1. The van der Waals surface area contributed by atoms with E-state index in [1.54, 1.807) is 26.8 Å². The quantitative estimate of drug-likeness (QED) is 0.725. The molecule has 1 N–H and O–H groups in total. The maximum absolute atomic E-state index is 13.6. The highest BCUT2D eigenvalue weighted by atomic mass is 19.3. The summed E-state index contributed by atoms with van der Waals surface area (Å²) in [5.41, 5.74) is 0.329. The summed E-state index contributed by atoms with van der Waals surface area (Å²) in [7, 11) is 0. The summed E-state index contributed by atoms with van der Waals surface area (Å²) in [6.07, 6.45) is 0.669. The molecule has 0 saturated carbocycles. The zero-order valence-electron chi connectivity index (χ0n) is 15.9. The van der Waals surface area contributed by atoms with Crippen molar-refractivity contribution in [1.29, 1.82) is 0 Å². The van der Waals surface area contributed by atoms with E-state index in [9.17, 15) is 18.4 Å². The number of ketones is 1. The van der Waals surface area contributed by atoms with Gasteiger partial charge in [-0.2, -0.15) is 0 Å². The average molecular weight is 376 g/mol. The SMILES string of the molecule is CC(=O)c1ncc(-c2cccc(C(C)(F)F)c2)cc1NC(=O)OC(C)(C)C. The van der Waals surface area contributed by atoms with Crippen LogP contribution in [-0.2, 0) is 10.7 Å². The molecule has 2 rings (SSSR count). The van der Waals surface area contributed by atoms with Gasteiger partial charge in [0.05, 0.1) is 5.69 Å². The molecule has 5 nitrogen and oxygen atoms in total. The first-order valence-electron chi connectivity index (χ1n) is 8.36. The number of benzene rings is 1. The van der Waals surface area contributed by atoms with Crippen molar-refractivity contribution in [1.82, 2.24) is 4.98 Å². The van der Waals surface area contributed by atoms with Gasteiger partial charge in [-0.15, -0.1) is 0 Å². The molecule has 0 saturated heterocycles. The van der Waals surface area contributed by atoms with Gasteiger partial charge in [0.2, 0.25) is 0 Å². The number of alkyl halides is 2. The monoisotopic (exact) mass is 376 g/mol. The molecule has 27 heavy (non-hydrogen) atoms. The summed E-state index contributed by atoms with van der Waals surface area (Å²) in [5, 5.41) is 2.51. The van der Waals surface area contributed by atoms with E-state index >= 15 is 0 Å². The van der Waals surface area contributed by atoms with Crippen molar-refractivity contribution < 1.29 is 23.1 Å². The van der Waals surface area contributed by atoms with Crippen molar-refractivity contribution in [2.24, 2.45) is 0 Å². The minimum atomic E-state index is -2.99. The molecular formula is C20H22F2N2O3. The number of nitrogens with zero attached hydrogens (tertiary/aromatic N) is 1. The first kappa shape index (κ1) is 20.5. The number of carbonyl (C=O) groups is 2. The number of carbonyl (C=O) groups excluding carboxylic acids is 2. The molecule has 0 atom stereocenters. The number of halogens is 2. The van der Waals surface area contributed by atoms with Crippen LogP contribution in [-0.4, -0.2) is 22.5 Å². The molecule has 1 amide bonds. The number of anilines is 1. The lowest BCUT2D eigenvalue weighted by atomic mass is 10.0. The van der Waals surface area contributed by atoms with Crippen LogP contribution in [0.15, 0.2) is 36.5 Å². The van der Waals surface area contributed by atoms with Crippen molar-refractivity contribution in [3.05, 3.63) is 47.8 Å². The Hall–Kier alpha value is -2.83. The molecule has 7 heteroatoms. The Balaban J connectivity index is 2.43. The minimum Gasteiger partial charge on any atom is -0.444 e. The second-order valence-corrected chi connectivity index (χ2v) is 7.27. The molecule has 1 aromatic carbocycles. The van der Waals surface area contributed by atoms with E-state index in [2.05, 4.69) is 10.3 Å². The summed E-state index contributed by atoms with van der Waals surface area (Å²) >= 11 is 0. The van der Waals surface area contributed by atoms with E-state index in [-0.39, 0.29) is 22.7 Å². The summed E-state index contributed by atoms with van der Waals surface area (Å²) < 4.78 is 32.4. The third-order valence-electron chi connectivity index (χ3n) is 3.56. The van der Waals surface area contributed by atoms with Crippen LogP contribution in [0.1, 0.15) is 50.7 Å². The molecule has 1 heterocycles. The predicted molar refractivity (Wildman–Crippen MR) is 99.1 cm³/mol. The number of aromatic nitrogens is 1. The molecular weight excluding hydrogens is 354 g/mol. The van der Waals surface area contributed by atoms with Gasteiger partial charge in [0.1, 0.15) is 11.3 Å². The highest BCUT2D eigenvalue weighted by molar-refractivity contribution is 6.01. The Bertz CT molecular complexity index is 868. The summed E-state index contributed by atoms with van der Waals surface area (Å²) in [5.74, 6) is -3.33. The first-order chi connectivity index (χ1) is 12.4. The van der Waals surface area contributed by atoms with E-state index in [0.29, 0.717) is 11.1 Å². The third kappa shape index (κ3) is 5.57. The maximum atomic E-state index is 13.6. The third-order valence-corrected chi connectivity index (χ3v) is 3.56. The number of rotatable bonds is 4. The second kappa shape index (κ2) is 7.42. The van der Waals surface area contributed by atoms with Gasteiger partial charge >= 0.3 is 6.09 Å². The Morgan fingerprint density at radius 3 is 2.30 bits per heavy atom. The van der Waals surface area contributed by atoms with Gasteiger partial charge < -0.3 is 4.74 Å². The van der Waals surface area contributed by atoms with E-state index < -0.39 is 17.6 Å². The van der Waals surface area contributed by atoms with Gasteiger partial charge in [-0.3, -0.25) is 15.1 Å². The zero-order valence-corrected chi connectivity index (χ0v) is 15.9. The van der Waals surface area contributed by atoms with Crippen molar-refractivity contribution in [3.8, 4) is 11.1 Å². The van der Waals surface area contributed by atoms with E-state index in [4.69, 9.17) is 4.74 Å². The molecule has 2 aromatic rings. The number of hydrogen-bond acceptors (Lipinski definition) is 4. The smallest absolute Gasteiger partial charge is 0.412 e. The number of hydrogen-bond donors (Lipinski definition) is 1. The Labute approximate surface area is 156 Å². The molecule has 0 unspecified atom stereocenters. The number of amides is 1. The molecule has 0 spiro atoms. The highest BCUT2D eigenvalue weighted by Gasteiger charge is 2.24. The molecule has 144 valence electrons. The van der Waals surface area contributed by atoms with E-state index in [0.717, 1.165) is 6.92 Å². The van der Waals surface area contributed by atoms with Crippen LogP contribution >= 0.6 is 0 Å². The van der Waals surface area contributed by atoms with Gasteiger partial charge in [0.15, 0.2) is 5.78 Å². The van der Waals surface area contributed by atoms with Crippen molar-refractivity contribution >= 4 is 17.6 Å². The average Bonchev–Trinajstić information content (AvgIpc) is 2.52. The van der Waals surface area contributed by atoms with Crippen LogP contribution in [0, 0.1) is 0 Å². The zero-order chi connectivity index (χ0) is 20.4. The number of pyridine rings is 1. The molecule has 0 aliphatic heterocycles. The topological polar surface area (TPSA) is 68.3 Å². The van der Waals surface area contributed by atoms with Gasteiger partial charge in [0.25, 0.3) is 5.92 Å². The molecule has 0 bridgehead atoms. The maximum Gasteiger partial charge on any atom is 0.412 e. The van der Waals surface area contributed by atoms with Crippen LogP contribution in [0.5, 0.6) is 0 Å². The molecule has 0 radical (unpaired) electrons. The Kier molecular flexibility index (Phi) is 5.63. The summed E-state index contributed by atoms with van der Waals surface area (Å²) in [6.45, 7) is 7.27. The van der Waals surface area contributed by atoms with Crippen molar-refractivity contribution in [2.75, 3.05) is 5.32 Å². The normalized spacial score (nSPS) is 11.8. The van der Waals surface area contributed by atoms with E-state index in [1.165, 1.54) is 37.4 Å². The predicted octanol–water partition coefficient (Wildman–Crippen LogP) is 5.41. The molecule has 1 aromatic heterocycles. The second-order valence-electron chi connectivity index (χ2n) is 7.27. The Morgan fingerprint density at radius 1 is 1.07 bits per heavy atom. The van der Waals surface area contributed by atoms with Crippen LogP contribution < -0.4 is 5.32 Å². The van der Waals surface area contributed by atoms with Crippen molar-refractivity contribution in [3.63, 3.8) is 0 Å². The summed E-state index contributed by atoms with van der Waals surface area (Å²) in [4.78, 5) is 28.0. The lowest BCUT2D eigenvalue weighted by molar-refractivity contribution is 0.0175. The van der Waals surface area contributed by atoms with Gasteiger partial charge in [-0.1, -0.05) is 18.2 Å². The van der Waals surface area contributed by atoms with E-state index in [1.807, 2.05) is 0 Å². The van der Waals surface area contributed by atoms with Crippen LogP contribution in [0.25, 0.3) is 11.1 Å². The van der Waals surface area contributed by atoms with Crippen molar-refractivity contribution in [2.45, 2.75) is 46.1 Å². The largest absolute Gasteiger partial charge is 0.444 e. The highest BCUT2D eigenvalue weighted by Crippen LogP contribution is 2.31. The standard InChI is InChI=1S/C20H22F2N2O3/c1-12(25)17-16(24-18(26)27-19(2,3)4)10-14(11-23-17)13-7-6-8-15(9-13)20(5,21)22/h6-11H,1-5H3,(H,24,26). The fraction of sp³-hybridized carbons (Fsp3) is 0.350. The van der Waals surface area contributed by atoms with Crippen LogP contribution in [0.3, 0.4) is 0 Å². The van der Waals surface area contributed by atoms with Gasteiger partial charge in [0, 0.05) is 31.2 Å². The molecule has 0 aliphatic carbocycles. The Morgan fingerprint density at radius 2 is 1.74 bits per heavy atom. The lowest BCUT2D eigenvalue weighted by Gasteiger charge is -2.20. The number of ether oxygens (including phenoxy) is 1. The fourth-order valence-corrected chi connectivity index (χ4v) is 2.38. The molecule has 0 fully saturated rings. The summed E-state index contributed by atoms with van der Waals surface area (Å²) in [6, 6.07) is 7.36. The van der Waals surface area contributed by atoms with Gasteiger partial charge in [-0.05, 0) is 38.5 Å². The molecule has 0 aliphatic rings. The fourth-order valence-electron chi connectivity index (χ4n) is 2.38. The van der Waals surface area contributed by atoms with Gasteiger partial charge in [-0.25, -0.2) is 13.6 Å². The number of Topliss-reactive ketones (excluding diaryl/α,β-unsaturated/α-hetero) is 1.